The maximum atomic E-state index is 12.6. The highest BCUT2D eigenvalue weighted by Crippen LogP contribution is 2.26. The lowest BCUT2D eigenvalue weighted by Gasteiger charge is -2.15. The van der Waals surface area contributed by atoms with Crippen LogP contribution in [0.15, 0.2) is 41.2 Å². The quantitative estimate of drug-likeness (QED) is 0.770. The van der Waals surface area contributed by atoms with E-state index in [0.717, 1.165) is 55.1 Å². The van der Waals surface area contributed by atoms with Gasteiger partial charge in [0, 0.05) is 42.0 Å². The number of aryl methyl sites for hydroxylation is 1. The maximum absolute atomic E-state index is 12.6. The summed E-state index contributed by atoms with van der Waals surface area (Å²) in [5.74, 6) is 0.442. The van der Waals surface area contributed by atoms with E-state index in [1.54, 1.807) is 4.52 Å². The van der Waals surface area contributed by atoms with Gasteiger partial charge in [-0.2, -0.15) is 0 Å². The molecule has 3 aromatic rings. The third-order valence-corrected chi connectivity index (χ3v) is 5.56. The number of rotatable bonds is 5. The molecule has 1 saturated heterocycles. The molecule has 136 valence electrons. The van der Waals surface area contributed by atoms with E-state index < -0.39 is 0 Å². The predicted molar refractivity (Wildman–Crippen MR) is 104 cm³/mol. The number of likely N-dealkylation sites (tertiary alicyclic amines) is 1. The topological polar surface area (TPSA) is 53.4 Å². The minimum Gasteiger partial charge on any atom is -0.302 e. The van der Waals surface area contributed by atoms with E-state index in [1.807, 2.05) is 13.8 Å². The van der Waals surface area contributed by atoms with Crippen LogP contribution in [0.2, 0.25) is 0 Å². The van der Waals surface area contributed by atoms with E-state index in [9.17, 15) is 4.79 Å². The number of hydrogen-bond acceptors (Lipinski definition) is 3. The molecule has 0 spiro atoms. The van der Waals surface area contributed by atoms with Gasteiger partial charge < -0.3 is 4.90 Å². The molecule has 1 aliphatic heterocycles. The molecule has 0 aliphatic carbocycles. The second-order valence-corrected chi connectivity index (χ2v) is 7.26. The van der Waals surface area contributed by atoms with Crippen molar-refractivity contribution in [3.05, 3.63) is 69.3 Å². The fraction of sp³-hybridized carbons (Fsp3) is 0.429. The summed E-state index contributed by atoms with van der Waals surface area (Å²) in [6, 6.07) is 12.7. The van der Waals surface area contributed by atoms with Gasteiger partial charge in [0.1, 0.15) is 0 Å². The lowest BCUT2D eigenvalue weighted by Crippen LogP contribution is -2.23. The molecule has 0 radical (unpaired) electrons. The van der Waals surface area contributed by atoms with Gasteiger partial charge >= 0.3 is 0 Å². The number of fused-ring (bicyclic) bond motifs is 1. The first-order valence-electron chi connectivity index (χ1n) is 9.53. The van der Waals surface area contributed by atoms with Crippen molar-refractivity contribution in [1.29, 1.82) is 0 Å². The standard InChI is InChI=1S/C21H26N4O/c1-3-18-15(2)22-20-13-19(23-25(20)21(18)26)17-10-12-24(14-17)11-9-16-7-5-4-6-8-16/h4-8,13,17,23H,3,9-12,14H2,1-2H3. The van der Waals surface area contributed by atoms with Gasteiger partial charge in [0.05, 0.1) is 0 Å². The van der Waals surface area contributed by atoms with E-state index in [0.29, 0.717) is 12.3 Å². The summed E-state index contributed by atoms with van der Waals surface area (Å²) < 4.78 is 1.62. The zero-order valence-electron chi connectivity index (χ0n) is 15.5. The molecular formula is C21H26N4O. The van der Waals surface area contributed by atoms with Crippen LogP contribution in [0.1, 0.15) is 41.8 Å². The third-order valence-electron chi connectivity index (χ3n) is 5.56. The summed E-state index contributed by atoms with van der Waals surface area (Å²) in [5.41, 5.74) is 4.94. The summed E-state index contributed by atoms with van der Waals surface area (Å²) in [4.78, 5) is 19.7. The minimum absolute atomic E-state index is 0.0418. The van der Waals surface area contributed by atoms with Crippen molar-refractivity contribution >= 4 is 5.65 Å². The molecule has 0 bridgehead atoms. The van der Waals surface area contributed by atoms with E-state index in [-0.39, 0.29) is 5.56 Å². The Morgan fingerprint density at radius 2 is 2.08 bits per heavy atom. The van der Waals surface area contributed by atoms with Crippen LogP contribution < -0.4 is 5.56 Å². The number of hydrogen-bond donors (Lipinski definition) is 1. The molecule has 2 aromatic heterocycles. The van der Waals surface area contributed by atoms with Gasteiger partial charge in [-0.25, -0.2) is 9.50 Å². The summed E-state index contributed by atoms with van der Waals surface area (Å²) in [5, 5.41) is 3.32. The molecule has 4 rings (SSSR count). The number of aromatic amines is 1. The number of nitrogens with zero attached hydrogens (tertiary/aromatic N) is 3. The number of H-pyrrole nitrogens is 1. The lowest BCUT2D eigenvalue weighted by atomic mass is 10.1. The van der Waals surface area contributed by atoms with Crippen LogP contribution in [0.4, 0.5) is 0 Å². The molecule has 0 amide bonds. The Bertz CT molecular complexity index is 957. The Kier molecular flexibility index (Phi) is 4.64. The van der Waals surface area contributed by atoms with Crippen LogP contribution in [-0.2, 0) is 12.8 Å². The minimum atomic E-state index is 0.0418. The predicted octanol–water partition coefficient (Wildman–Crippen LogP) is 2.93. The van der Waals surface area contributed by atoms with Crippen molar-refractivity contribution in [3.63, 3.8) is 0 Å². The van der Waals surface area contributed by atoms with Gasteiger partial charge in [-0.15, -0.1) is 0 Å². The average molecular weight is 350 g/mol. The fourth-order valence-corrected chi connectivity index (χ4v) is 4.03. The van der Waals surface area contributed by atoms with Gasteiger partial charge in [-0.05, 0) is 38.3 Å². The normalized spacial score (nSPS) is 18.0. The lowest BCUT2D eigenvalue weighted by molar-refractivity contribution is 0.338. The summed E-state index contributed by atoms with van der Waals surface area (Å²) in [6.07, 6.45) is 2.92. The maximum Gasteiger partial charge on any atom is 0.276 e. The Morgan fingerprint density at radius 3 is 2.85 bits per heavy atom. The summed E-state index contributed by atoms with van der Waals surface area (Å²) in [7, 11) is 0. The van der Waals surface area contributed by atoms with Gasteiger partial charge in [0.2, 0.25) is 0 Å². The third kappa shape index (κ3) is 3.19. The first-order valence-corrected chi connectivity index (χ1v) is 9.53. The van der Waals surface area contributed by atoms with Crippen LogP contribution in [0.3, 0.4) is 0 Å². The molecule has 1 atom stereocenters. The van der Waals surface area contributed by atoms with E-state index in [1.165, 1.54) is 5.56 Å². The van der Waals surface area contributed by atoms with Crippen LogP contribution in [0, 0.1) is 6.92 Å². The molecule has 26 heavy (non-hydrogen) atoms. The Labute approximate surface area is 153 Å². The van der Waals surface area contributed by atoms with Crippen LogP contribution in [0.5, 0.6) is 0 Å². The fourth-order valence-electron chi connectivity index (χ4n) is 4.03. The largest absolute Gasteiger partial charge is 0.302 e. The first kappa shape index (κ1) is 17.0. The number of nitrogens with one attached hydrogen (secondary N) is 1. The highest BCUT2D eigenvalue weighted by Gasteiger charge is 2.25. The molecular weight excluding hydrogens is 324 g/mol. The van der Waals surface area contributed by atoms with Gasteiger partial charge in [-0.1, -0.05) is 37.3 Å². The molecule has 1 aromatic carbocycles. The highest BCUT2D eigenvalue weighted by molar-refractivity contribution is 5.42. The van der Waals surface area contributed by atoms with Crippen molar-refractivity contribution in [2.45, 2.75) is 39.0 Å². The second kappa shape index (κ2) is 7.08. The van der Waals surface area contributed by atoms with Gasteiger partial charge in [-0.3, -0.25) is 9.89 Å². The Balaban J connectivity index is 1.48. The molecule has 5 heteroatoms. The molecule has 1 fully saturated rings. The van der Waals surface area contributed by atoms with E-state index >= 15 is 0 Å². The molecule has 1 unspecified atom stereocenters. The van der Waals surface area contributed by atoms with Gasteiger partial charge in [0.15, 0.2) is 5.65 Å². The molecule has 1 aliphatic rings. The number of aromatic nitrogens is 3. The van der Waals surface area contributed by atoms with Crippen LogP contribution in [-0.4, -0.2) is 39.1 Å². The van der Waals surface area contributed by atoms with Crippen molar-refractivity contribution in [3.8, 4) is 0 Å². The molecule has 0 saturated carbocycles. The van der Waals surface area contributed by atoms with Crippen molar-refractivity contribution in [2.24, 2.45) is 0 Å². The van der Waals surface area contributed by atoms with Gasteiger partial charge in [0.25, 0.3) is 5.56 Å². The average Bonchev–Trinajstić information content (AvgIpc) is 3.28. The first-order chi connectivity index (χ1) is 12.7. The molecule has 5 nitrogen and oxygen atoms in total. The monoisotopic (exact) mass is 350 g/mol. The SMILES string of the molecule is CCc1c(C)nc2cc(C3CCN(CCc4ccccc4)C3)[nH]n2c1=O. The van der Waals surface area contributed by atoms with E-state index in [2.05, 4.69) is 51.4 Å². The number of benzene rings is 1. The highest BCUT2D eigenvalue weighted by atomic mass is 16.1. The van der Waals surface area contributed by atoms with Crippen molar-refractivity contribution in [2.75, 3.05) is 19.6 Å². The summed E-state index contributed by atoms with van der Waals surface area (Å²) >= 11 is 0. The van der Waals surface area contributed by atoms with Crippen molar-refractivity contribution in [1.82, 2.24) is 19.5 Å². The summed E-state index contributed by atoms with van der Waals surface area (Å²) in [6.45, 7) is 7.15. The Hall–Kier alpha value is -2.40. The second-order valence-electron chi connectivity index (χ2n) is 7.26. The van der Waals surface area contributed by atoms with Crippen molar-refractivity contribution < 1.29 is 0 Å². The van der Waals surface area contributed by atoms with Crippen LogP contribution >= 0.6 is 0 Å². The Morgan fingerprint density at radius 1 is 1.27 bits per heavy atom. The molecule has 3 heterocycles. The smallest absolute Gasteiger partial charge is 0.276 e. The van der Waals surface area contributed by atoms with Crippen LogP contribution in [0.25, 0.3) is 5.65 Å². The zero-order chi connectivity index (χ0) is 18.1. The van der Waals surface area contributed by atoms with E-state index in [4.69, 9.17) is 0 Å². The molecule has 1 N–H and O–H groups in total. The zero-order valence-corrected chi connectivity index (χ0v) is 15.5.